The van der Waals surface area contributed by atoms with Gasteiger partial charge >= 0.3 is 0 Å². The molecule has 108 valence electrons. The Balaban J connectivity index is 0.00000147. The summed E-state index contributed by atoms with van der Waals surface area (Å²) >= 11 is 0. The number of fused-ring (bicyclic) bond motifs is 1. The molecule has 0 bridgehead atoms. The second kappa shape index (κ2) is 6.72. The molecule has 1 saturated heterocycles. The number of aromatic nitrogens is 2. The molecular formula is C14H19ClN4O. The van der Waals surface area contributed by atoms with Crippen molar-refractivity contribution in [1.29, 1.82) is 0 Å². The van der Waals surface area contributed by atoms with E-state index >= 15 is 0 Å². The molecule has 0 radical (unpaired) electrons. The predicted molar refractivity (Wildman–Crippen MR) is 83.0 cm³/mol. The molecule has 1 aliphatic heterocycles. The number of nitrogens with zero attached hydrogens (tertiary/aromatic N) is 3. The minimum atomic E-state index is 0. The molecule has 1 aromatic heterocycles. The van der Waals surface area contributed by atoms with E-state index in [1.165, 1.54) is 0 Å². The highest BCUT2D eigenvalue weighted by Crippen LogP contribution is 2.27. The average Bonchev–Trinajstić information content (AvgIpc) is 2.48. The first-order chi connectivity index (χ1) is 9.38. The van der Waals surface area contributed by atoms with Gasteiger partial charge in [0, 0.05) is 26.2 Å². The predicted octanol–water partition coefficient (Wildman–Crippen LogP) is 1.86. The molecule has 2 aromatic rings. The SMILES string of the molecule is CCOc1nc2ccccc2nc1N1CCNCC1.Cl. The number of nitrogens with one attached hydrogen (secondary N) is 1. The molecule has 3 rings (SSSR count). The molecule has 1 fully saturated rings. The first-order valence-electron chi connectivity index (χ1n) is 6.73. The van der Waals surface area contributed by atoms with Crippen LogP contribution in [0.1, 0.15) is 6.92 Å². The molecule has 2 heterocycles. The van der Waals surface area contributed by atoms with Gasteiger partial charge in [0.15, 0.2) is 5.82 Å². The zero-order valence-electron chi connectivity index (χ0n) is 11.5. The molecule has 0 aliphatic carbocycles. The first-order valence-corrected chi connectivity index (χ1v) is 6.73. The molecule has 1 aliphatic rings. The van der Waals surface area contributed by atoms with E-state index in [0.717, 1.165) is 43.0 Å². The van der Waals surface area contributed by atoms with Crippen LogP contribution in [0.4, 0.5) is 5.82 Å². The second-order valence-electron chi connectivity index (χ2n) is 4.51. The van der Waals surface area contributed by atoms with Crippen LogP contribution in [0.15, 0.2) is 24.3 Å². The van der Waals surface area contributed by atoms with Gasteiger partial charge in [-0.05, 0) is 19.1 Å². The van der Waals surface area contributed by atoms with Crippen molar-refractivity contribution in [3.8, 4) is 5.88 Å². The topological polar surface area (TPSA) is 50.3 Å². The Bertz CT molecular complexity index is 572. The highest BCUT2D eigenvalue weighted by molar-refractivity contribution is 5.85. The Morgan fingerprint density at radius 2 is 1.80 bits per heavy atom. The number of anilines is 1. The standard InChI is InChI=1S/C14H18N4O.ClH/c1-2-19-14-13(18-9-7-15-8-10-18)16-11-5-3-4-6-12(11)17-14;/h3-6,15H,2,7-10H2,1H3;1H. The number of benzene rings is 1. The monoisotopic (exact) mass is 294 g/mol. The van der Waals surface area contributed by atoms with Crippen LogP contribution in [0.3, 0.4) is 0 Å². The van der Waals surface area contributed by atoms with Crippen molar-refractivity contribution in [2.45, 2.75) is 6.92 Å². The highest BCUT2D eigenvalue weighted by Gasteiger charge is 2.18. The van der Waals surface area contributed by atoms with E-state index in [1.807, 2.05) is 31.2 Å². The Labute approximate surface area is 124 Å². The minimum absolute atomic E-state index is 0. The number of rotatable bonds is 3. The normalized spacial score (nSPS) is 14.9. The quantitative estimate of drug-likeness (QED) is 0.936. The van der Waals surface area contributed by atoms with Gasteiger partial charge in [0.2, 0.25) is 0 Å². The Morgan fingerprint density at radius 1 is 1.15 bits per heavy atom. The number of hydrogen-bond donors (Lipinski definition) is 1. The lowest BCUT2D eigenvalue weighted by Gasteiger charge is -2.29. The number of ether oxygens (including phenoxy) is 1. The fourth-order valence-corrected chi connectivity index (χ4v) is 2.29. The van der Waals surface area contributed by atoms with Crippen molar-refractivity contribution in [3.63, 3.8) is 0 Å². The van der Waals surface area contributed by atoms with Gasteiger partial charge in [0.1, 0.15) is 0 Å². The van der Waals surface area contributed by atoms with Crippen LogP contribution in [-0.2, 0) is 0 Å². The lowest BCUT2D eigenvalue weighted by Crippen LogP contribution is -2.44. The minimum Gasteiger partial charge on any atom is -0.475 e. The van der Waals surface area contributed by atoms with Crippen LogP contribution >= 0.6 is 12.4 Å². The Hall–Kier alpha value is -1.59. The summed E-state index contributed by atoms with van der Waals surface area (Å²) in [5.41, 5.74) is 1.80. The maximum Gasteiger partial charge on any atom is 0.258 e. The van der Waals surface area contributed by atoms with Crippen LogP contribution < -0.4 is 15.0 Å². The van der Waals surface area contributed by atoms with Crippen LogP contribution in [0.25, 0.3) is 11.0 Å². The molecule has 1 aromatic carbocycles. The highest BCUT2D eigenvalue weighted by atomic mass is 35.5. The third-order valence-corrected chi connectivity index (χ3v) is 3.22. The fraction of sp³-hybridized carbons (Fsp3) is 0.429. The zero-order valence-corrected chi connectivity index (χ0v) is 12.3. The van der Waals surface area contributed by atoms with Crippen molar-refractivity contribution in [1.82, 2.24) is 15.3 Å². The summed E-state index contributed by atoms with van der Waals surface area (Å²) in [6.45, 7) is 6.39. The molecule has 0 unspecified atom stereocenters. The van der Waals surface area contributed by atoms with E-state index in [2.05, 4.69) is 15.2 Å². The van der Waals surface area contributed by atoms with Gasteiger partial charge in [0.25, 0.3) is 5.88 Å². The second-order valence-corrected chi connectivity index (χ2v) is 4.51. The van der Waals surface area contributed by atoms with Crippen molar-refractivity contribution in [3.05, 3.63) is 24.3 Å². The smallest absolute Gasteiger partial charge is 0.258 e. The molecule has 1 N–H and O–H groups in total. The summed E-state index contributed by atoms with van der Waals surface area (Å²) in [6, 6.07) is 7.91. The van der Waals surface area contributed by atoms with E-state index in [0.29, 0.717) is 12.5 Å². The molecule has 5 nitrogen and oxygen atoms in total. The molecule has 0 atom stereocenters. The van der Waals surface area contributed by atoms with E-state index in [9.17, 15) is 0 Å². The lowest BCUT2D eigenvalue weighted by molar-refractivity contribution is 0.326. The van der Waals surface area contributed by atoms with Crippen molar-refractivity contribution >= 4 is 29.3 Å². The summed E-state index contributed by atoms with van der Waals surface area (Å²) in [7, 11) is 0. The van der Waals surface area contributed by atoms with Gasteiger partial charge in [-0.25, -0.2) is 9.97 Å². The van der Waals surface area contributed by atoms with Crippen molar-refractivity contribution < 1.29 is 4.74 Å². The van der Waals surface area contributed by atoms with E-state index in [1.54, 1.807) is 0 Å². The van der Waals surface area contributed by atoms with Crippen LogP contribution in [0.2, 0.25) is 0 Å². The maximum absolute atomic E-state index is 5.66. The van der Waals surface area contributed by atoms with Gasteiger partial charge < -0.3 is 15.0 Å². The van der Waals surface area contributed by atoms with Crippen LogP contribution in [-0.4, -0.2) is 42.8 Å². The van der Waals surface area contributed by atoms with E-state index in [4.69, 9.17) is 9.72 Å². The Morgan fingerprint density at radius 3 is 2.45 bits per heavy atom. The van der Waals surface area contributed by atoms with Crippen LogP contribution in [0, 0.1) is 0 Å². The Kier molecular flexibility index (Phi) is 4.98. The summed E-state index contributed by atoms with van der Waals surface area (Å²) < 4.78 is 5.66. The van der Waals surface area contributed by atoms with Crippen LogP contribution in [0.5, 0.6) is 5.88 Å². The fourth-order valence-electron chi connectivity index (χ4n) is 2.29. The molecular weight excluding hydrogens is 276 g/mol. The molecule has 0 saturated carbocycles. The summed E-state index contributed by atoms with van der Waals surface area (Å²) in [4.78, 5) is 11.6. The van der Waals surface area contributed by atoms with E-state index < -0.39 is 0 Å². The zero-order chi connectivity index (χ0) is 13.1. The number of hydrogen-bond acceptors (Lipinski definition) is 5. The first kappa shape index (κ1) is 14.8. The summed E-state index contributed by atoms with van der Waals surface area (Å²) in [6.07, 6.45) is 0. The number of para-hydroxylation sites is 2. The summed E-state index contributed by atoms with van der Waals surface area (Å²) in [5.74, 6) is 1.50. The van der Waals surface area contributed by atoms with Gasteiger partial charge in [-0.3, -0.25) is 0 Å². The lowest BCUT2D eigenvalue weighted by atomic mass is 10.3. The summed E-state index contributed by atoms with van der Waals surface area (Å²) in [5, 5.41) is 3.34. The molecule has 0 spiro atoms. The number of halogens is 1. The third-order valence-electron chi connectivity index (χ3n) is 3.22. The van der Waals surface area contributed by atoms with Gasteiger partial charge in [0.05, 0.1) is 17.6 Å². The maximum atomic E-state index is 5.66. The molecule has 6 heteroatoms. The van der Waals surface area contributed by atoms with Crippen molar-refractivity contribution in [2.75, 3.05) is 37.7 Å². The average molecular weight is 295 g/mol. The largest absolute Gasteiger partial charge is 0.475 e. The third kappa shape index (κ3) is 2.94. The number of piperazine rings is 1. The van der Waals surface area contributed by atoms with E-state index in [-0.39, 0.29) is 12.4 Å². The van der Waals surface area contributed by atoms with Gasteiger partial charge in [-0.15, -0.1) is 12.4 Å². The van der Waals surface area contributed by atoms with Crippen molar-refractivity contribution in [2.24, 2.45) is 0 Å². The van der Waals surface area contributed by atoms with Gasteiger partial charge in [-0.2, -0.15) is 0 Å². The molecule has 0 amide bonds. The van der Waals surface area contributed by atoms with Gasteiger partial charge in [-0.1, -0.05) is 12.1 Å². The molecule has 20 heavy (non-hydrogen) atoms.